The number of carbonyl (C=O) groups is 1. The number of nitrogens with zero attached hydrogens (tertiary/aromatic N) is 3. The predicted octanol–water partition coefficient (Wildman–Crippen LogP) is 5.33. The molecule has 2 aromatic heterocycles. The average molecular weight is 414 g/mol. The first kappa shape index (κ1) is 18.7. The van der Waals surface area contributed by atoms with Crippen molar-refractivity contribution in [2.75, 3.05) is 28.6 Å². The number of thiazole rings is 1. The Morgan fingerprint density at radius 2 is 2.11 bits per heavy atom. The van der Waals surface area contributed by atoms with Crippen LogP contribution >= 0.6 is 22.9 Å². The zero-order valence-corrected chi connectivity index (χ0v) is 17.2. The highest BCUT2D eigenvalue weighted by atomic mass is 35.5. The SMILES string of the molecule is Cc1nc(NC(=O)N2CCCNc3ccc(-c4cccc(Cl)c4)nc32)sc1C. The van der Waals surface area contributed by atoms with Crippen molar-refractivity contribution in [3.05, 3.63) is 52.0 Å². The Kier molecular flexibility index (Phi) is 5.19. The molecule has 0 atom stereocenters. The fourth-order valence-corrected chi connectivity index (χ4v) is 4.04. The fourth-order valence-electron chi connectivity index (χ4n) is 3.05. The summed E-state index contributed by atoms with van der Waals surface area (Å²) in [4.78, 5) is 25.0. The lowest BCUT2D eigenvalue weighted by Crippen LogP contribution is -2.36. The number of urea groups is 1. The van der Waals surface area contributed by atoms with Gasteiger partial charge in [0.05, 0.1) is 17.1 Å². The molecule has 0 spiro atoms. The summed E-state index contributed by atoms with van der Waals surface area (Å²) in [6, 6.07) is 11.2. The molecule has 1 aromatic carbocycles. The van der Waals surface area contributed by atoms with E-state index < -0.39 is 0 Å². The summed E-state index contributed by atoms with van der Waals surface area (Å²) in [5, 5.41) is 7.52. The molecule has 0 fully saturated rings. The van der Waals surface area contributed by atoms with E-state index in [1.807, 2.05) is 50.2 Å². The molecule has 4 rings (SSSR count). The van der Waals surface area contributed by atoms with E-state index in [0.29, 0.717) is 22.5 Å². The summed E-state index contributed by atoms with van der Waals surface area (Å²) < 4.78 is 0. The van der Waals surface area contributed by atoms with Gasteiger partial charge in [-0.3, -0.25) is 10.2 Å². The third-order valence-electron chi connectivity index (χ3n) is 4.61. The molecule has 3 aromatic rings. The molecule has 2 amide bonds. The monoisotopic (exact) mass is 413 g/mol. The molecule has 8 heteroatoms. The number of aryl methyl sites for hydroxylation is 2. The fraction of sp³-hybridized carbons (Fsp3) is 0.250. The van der Waals surface area contributed by atoms with Crippen molar-refractivity contribution in [2.24, 2.45) is 0 Å². The molecular formula is C20H20ClN5OS. The van der Waals surface area contributed by atoms with E-state index in [-0.39, 0.29) is 6.03 Å². The van der Waals surface area contributed by atoms with Gasteiger partial charge in [-0.15, -0.1) is 11.3 Å². The molecule has 0 unspecified atom stereocenters. The van der Waals surface area contributed by atoms with Crippen LogP contribution in [0.25, 0.3) is 11.3 Å². The second-order valence-electron chi connectivity index (χ2n) is 6.60. The van der Waals surface area contributed by atoms with Gasteiger partial charge >= 0.3 is 6.03 Å². The zero-order chi connectivity index (χ0) is 19.7. The minimum absolute atomic E-state index is 0.227. The largest absolute Gasteiger partial charge is 0.382 e. The molecule has 0 saturated carbocycles. The Morgan fingerprint density at radius 1 is 1.25 bits per heavy atom. The van der Waals surface area contributed by atoms with Gasteiger partial charge in [0.2, 0.25) is 0 Å². The van der Waals surface area contributed by atoms with E-state index in [1.165, 1.54) is 11.3 Å². The smallest absolute Gasteiger partial charge is 0.329 e. The van der Waals surface area contributed by atoms with Gasteiger partial charge in [0, 0.05) is 28.6 Å². The van der Waals surface area contributed by atoms with Gasteiger partial charge in [-0.25, -0.2) is 14.8 Å². The Balaban J connectivity index is 1.68. The number of pyridine rings is 1. The van der Waals surface area contributed by atoms with Crippen LogP contribution in [0.3, 0.4) is 0 Å². The molecule has 3 heterocycles. The van der Waals surface area contributed by atoms with Crippen molar-refractivity contribution in [3.8, 4) is 11.3 Å². The number of nitrogens with one attached hydrogen (secondary N) is 2. The van der Waals surface area contributed by atoms with E-state index in [0.717, 1.165) is 40.5 Å². The van der Waals surface area contributed by atoms with E-state index >= 15 is 0 Å². The Hall–Kier alpha value is -2.64. The first-order chi connectivity index (χ1) is 13.5. The van der Waals surface area contributed by atoms with Crippen LogP contribution in [0, 0.1) is 13.8 Å². The summed E-state index contributed by atoms with van der Waals surface area (Å²) >= 11 is 7.60. The maximum Gasteiger partial charge on any atom is 0.329 e. The number of aromatic nitrogens is 2. The summed E-state index contributed by atoms with van der Waals surface area (Å²) in [6.07, 6.45) is 0.826. The lowest BCUT2D eigenvalue weighted by Gasteiger charge is -2.21. The summed E-state index contributed by atoms with van der Waals surface area (Å²) in [6.45, 7) is 5.28. The number of benzene rings is 1. The van der Waals surface area contributed by atoms with Gasteiger partial charge in [-0.1, -0.05) is 23.7 Å². The number of halogens is 1. The quantitative estimate of drug-likeness (QED) is 0.595. The molecule has 1 aliphatic heterocycles. The van der Waals surface area contributed by atoms with Crippen LogP contribution in [-0.4, -0.2) is 29.1 Å². The van der Waals surface area contributed by atoms with Gasteiger partial charge in [0.1, 0.15) is 0 Å². The van der Waals surface area contributed by atoms with Crippen LogP contribution in [0.15, 0.2) is 36.4 Å². The highest BCUT2D eigenvalue weighted by molar-refractivity contribution is 7.15. The minimum Gasteiger partial charge on any atom is -0.382 e. The number of carbonyl (C=O) groups excluding carboxylic acids is 1. The Labute approximate surface area is 172 Å². The van der Waals surface area contributed by atoms with Crippen molar-refractivity contribution in [2.45, 2.75) is 20.3 Å². The molecule has 6 nitrogen and oxygen atoms in total. The van der Waals surface area contributed by atoms with Crippen molar-refractivity contribution in [1.82, 2.24) is 9.97 Å². The first-order valence-corrected chi connectivity index (χ1v) is 10.2. The van der Waals surface area contributed by atoms with Crippen molar-refractivity contribution in [3.63, 3.8) is 0 Å². The van der Waals surface area contributed by atoms with Gasteiger partial charge in [-0.2, -0.15) is 0 Å². The minimum atomic E-state index is -0.227. The lowest BCUT2D eigenvalue weighted by molar-refractivity contribution is 0.257. The van der Waals surface area contributed by atoms with Crippen LogP contribution in [0.5, 0.6) is 0 Å². The van der Waals surface area contributed by atoms with Gasteiger partial charge in [0.25, 0.3) is 0 Å². The molecular weight excluding hydrogens is 394 g/mol. The third kappa shape index (κ3) is 3.81. The summed E-state index contributed by atoms with van der Waals surface area (Å²) in [5.41, 5.74) is 3.44. The molecule has 0 bridgehead atoms. The maximum atomic E-state index is 13.0. The van der Waals surface area contributed by atoms with Gasteiger partial charge in [0.15, 0.2) is 10.9 Å². The normalized spacial score (nSPS) is 13.5. The molecule has 1 aliphatic rings. The molecule has 0 radical (unpaired) electrons. The molecule has 0 saturated heterocycles. The van der Waals surface area contributed by atoms with Crippen LogP contribution < -0.4 is 15.5 Å². The average Bonchev–Trinajstić information content (AvgIpc) is 2.87. The first-order valence-electron chi connectivity index (χ1n) is 9.04. The molecule has 2 N–H and O–H groups in total. The van der Waals surface area contributed by atoms with Crippen molar-refractivity contribution >= 4 is 45.6 Å². The predicted molar refractivity (Wildman–Crippen MR) is 116 cm³/mol. The van der Waals surface area contributed by atoms with Crippen molar-refractivity contribution in [1.29, 1.82) is 0 Å². The van der Waals surface area contributed by atoms with Crippen molar-refractivity contribution < 1.29 is 4.79 Å². The number of anilines is 3. The number of fused-ring (bicyclic) bond motifs is 1. The summed E-state index contributed by atoms with van der Waals surface area (Å²) in [5.74, 6) is 0.609. The van der Waals surface area contributed by atoms with E-state index in [1.54, 1.807) is 4.90 Å². The topological polar surface area (TPSA) is 70.2 Å². The second-order valence-corrected chi connectivity index (χ2v) is 8.24. The van der Waals surface area contributed by atoms with E-state index in [4.69, 9.17) is 16.6 Å². The van der Waals surface area contributed by atoms with E-state index in [2.05, 4.69) is 15.6 Å². The highest BCUT2D eigenvalue weighted by Crippen LogP contribution is 2.31. The van der Waals surface area contributed by atoms with Gasteiger partial charge in [-0.05, 0) is 44.5 Å². The number of hydrogen-bond donors (Lipinski definition) is 2. The number of rotatable bonds is 2. The second kappa shape index (κ2) is 7.77. The lowest BCUT2D eigenvalue weighted by atomic mass is 10.1. The van der Waals surface area contributed by atoms with Crippen LogP contribution in [-0.2, 0) is 0 Å². The molecule has 144 valence electrons. The highest BCUT2D eigenvalue weighted by Gasteiger charge is 2.24. The molecule has 28 heavy (non-hydrogen) atoms. The zero-order valence-electron chi connectivity index (χ0n) is 15.6. The van der Waals surface area contributed by atoms with Crippen LogP contribution in [0.2, 0.25) is 5.02 Å². The maximum absolute atomic E-state index is 13.0. The standard InChI is InChI=1S/C20H20ClN5OS/c1-12-13(2)28-19(23-12)25-20(27)26-10-4-9-22-17-8-7-16(24-18(17)26)14-5-3-6-15(21)11-14/h3,5-8,11,22H,4,9-10H2,1-2H3,(H,23,25,27). The van der Waals surface area contributed by atoms with Gasteiger partial charge < -0.3 is 5.32 Å². The number of hydrogen-bond acceptors (Lipinski definition) is 5. The van der Waals surface area contributed by atoms with Crippen LogP contribution in [0.1, 0.15) is 17.0 Å². The Morgan fingerprint density at radius 3 is 2.86 bits per heavy atom. The van der Waals surface area contributed by atoms with Crippen LogP contribution in [0.4, 0.5) is 21.4 Å². The third-order valence-corrected chi connectivity index (χ3v) is 5.84. The summed E-state index contributed by atoms with van der Waals surface area (Å²) in [7, 11) is 0. The molecule has 0 aliphatic carbocycles. The number of amides is 2. The Bertz CT molecular complexity index is 1020. The van der Waals surface area contributed by atoms with E-state index in [9.17, 15) is 4.79 Å².